The number of carbonyl (C=O) groups is 2. The van der Waals surface area contributed by atoms with Gasteiger partial charge in [-0.25, -0.2) is 4.79 Å². The molecule has 5 heteroatoms. The lowest BCUT2D eigenvalue weighted by molar-refractivity contribution is -0.143. The van der Waals surface area contributed by atoms with E-state index in [9.17, 15) is 9.59 Å². The van der Waals surface area contributed by atoms with Gasteiger partial charge in [0.05, 0.1) is 0 Å². The Kier molecular flexibility index (Phi) is 5.54. The molecule has 0 spiro atoms. The lowest BCUT2D eigenvalue weighted by Gasteiger charge is -2.22. The molecule has 0 amide bonds. The van der Waals surface area contributed by atoms with Crippen molar-refractivity contribution in [1.29, 1.82) is 0 Å². The van der Waals surface area contributed by atoms with Gasteiger partial charge in [0.1, 0.15) is 11.6 Å². The average Bonchev–Trinajstić information content (AvgIpc) is 3.15. The van der Waals surface area contributed by atoms with Gasteiger partial charge in [-0.3, -0.25) is 4.79 Å². The highest BCUT2D eigenvalue weighted by atomic mass is 35.5. The Morgan fingerprint density at radius 2 is 1.55 bits per heavy atom. The number of hydrogen-bond donors (Lipinski definition) is 0. The number of carbonyl (C=O) groups excluding carboxylic acids is 2. The Morgan fingerprint density at radius 3 is 2.21 bits per heavy atom. The van der Waals surface area contributed by atoms with Gasteiger partial charge in [-0.05, 0) is 17.7 Å². The van der Waals surface area contributed by atoms with Crippen molar-refractivity contribution in [3.05, 3.63) is 107 Å². The third-order valence-corrected chi connectivity index (χ3v) is 5.31. The Bertz CT molecular complexity index is 1050. The van der Waals surface area contributed by atoms with Crippen molar-refractivity contribution in [3.8, 4) is 0 Å². The third-order valence-electron chi connectivity index (χ3n) is 5.05. The van der Waals surface area contributed by atoms with Crippen molar-refractivity contribution >= 4 is 29.1 Å². The normalized spacial score (nSPS) is 16.8. The zero-order valence-corrected chi connectivity index (χ0v) is 16.3. The summed E-state index contributed by atoms with van der Waals surface area (Å²) in [7, 11) is 0. The first kappa shape index (κ1) is 19.1. The molecule has 29 heavy (non-hydrogen) atoms. The van der Waals surface area contributed by atoms with Gasteiger partial charge in [0.15, 0.2) is 5.78 Å². The average molecular weight is 404 g/mol. The van der Waals surface area contributed by atoms with Crippen LogP contribution in [0.4, 0.5) is 0 Å². The minimum Gasteiger partial charge on any atom is -0.317 e. The van der Waals surface area contributed by atoms with Crippen molar-refractivity contribution in [2.24, 2.45) is 11.1 Å². The van der Waals surface area contributed by atoms with Gasteiger partial charge in [0, 0.05) is 28.5 Å². The highest BCUT2D eigenvalue weighted by Gasteiger charge is 2.41. The first-order chi connectivity index (χ1) is 14.1. The van der Waals surface area contributed by atoms with Crippen molar-refractivity contribution in [1.82, 2.24) is 0 Å². The minimum atomic E-state index is -0.675. The Labute approximate surface area is 173 Å². The molecule has 3 aromatic rings. The molecule has 0 aromatic heterocycles. The van der Waals surface area contributed by atoms with Crippen molar-refractivity contribution < 1.29 is 14.4 Å². The zero-order chi connectivity index (χ0) is 20.2. The number of rotatable bonds is 6. The van der Waals surface area contributed by atoms with Gasteiger partial charge < -0.3 is 4.84 Å². The van der Waals surface area contributed by atoms with Crippen LogP contribution in [0.15, 0.2) is 90.1 Å². The van der Waals surface area contributed by atoms with Gasteiger partial charge in [-0.2, -0.15) is 0 Å². The number of benzene rings is 3. The van der Waals surface area contributed by atoms with Crippen LogP contribution >= 0.6 is 11.6 Å². The molecule has 2 unspecified atom stereocenters. The molecule has 1 heterocycles. The summed E-state index contributed by atoms with van der Waals surface area (Å²) >= 11 is 6.05. The Hall–Kier alpha value is -3.24. The number of halogens is 1. The van der Waals surface area contributed by atoms with Crippen LogP contribution in [-0.2, 0) is 9.63 Å². The number of hydrogen-bond acceptors (Lipinski definition) is 4. The van der Waals surface area contributed by atoms with Crippen LogP contribution in [0.25, 0.3) is 0 Å². The maximum absolute atomic E-state index is 13.0. The van der Waals surface area contributed by atoms with E-state index in [1.54, 1.807) is 24.3 Å². The molecule has 1 aliphatic heterocycles. The molecule has 1 aliphatic rings. The van der Waals surface area contributed by atoms with E-state index < -0.39 is 17.8 Å². The van der Waals surface area contributed by atoms with Gasteiger partial charge in [0.2, 0.25) is 0 Å². The molecule has 0 fully saturated rings. The van der Waals surface area contributed by atoms with Gasteiger partial charge in [-0.15, -0.1) is 0 Å². The Balaban J connectivity index is 1.73. The van der Waals surface area contributed by atoms with E-state index in [2.05, 4.69) is 5.16 Å². The fraction of sp³-hybridized carbons (Fsp3) is 0.125. The summed E-state index contributed by atoms with van der Waals surface area (Å²) in [6, 6.07) is 25.7. The number of nitrogens with zero attached hydrogens (tertiary/aromatic N) is 1. The van der Waals surface area contributed by atoms with Crippen LogP contribution in [-0.4, -0.2) is 17.5 Å². The molecule has 4 nitrogen and oxygen atoms in total. The first-order valence-corrected chi connectivity index (χ1v) is 9.69. The van der Waals surface area contributed by atoms with Crippen LogP contribution in [0, 0.1) is 5.92 Å². The summed E-state index contributed by atoms with van der Waals surface area (Å²) in [5, 5.41) is 4.63. The largest absolute Gasteiger partial charge is 0.344 e. The lowest BCUT2D eigenvalue weighted by atomic mass is 9.77. The van der Waals surface area contributed by atoms with Gasteiger partial charge >= 0.3 is 5.97 Å². The van der Waals surface area contributed by atoms with E-state index in [-0.39, 0.29) is 12.2 Å². The van der Waals surface area contributed by atoms with Gasteiger partial charge in [0.25, 0.3) is 0 Å². The maximum Gasteiger partial charge on any atom is 0.344 e. The molecule has 0 bridgehead atoms. The molecule has 0 radical (unpaired) electrons. The van der Waals surface area contributed by atoms with E-state index in [4.69, 9.17) is 16.4 Å². The fourth-order valence-electron chi connectivity index (χ4n) is 3.60. The predicted molar refractivity (Wildman–Crippen MR) is 112 cm³/mol. The second-order valence-electron chi connectivity index (χ2n) is 6.88. The van der Waals surface area contributed by atoms with Crippen LogP contribution in [0.1, 0.15) is 33.8 Å². The van der Waals surface area contributed by atoms with E-state index in [1.807, 2.05) is 60.7 Å². The molecule has 0 N–H and O–H groups in total. The van der Waals surface area contributed by atoms with Crippen LogP contribution in [0.3, 0.4) is 0 Å². The number of oxime groups is 1. The summed E-state index contributed by atoms with van der Waals surface area (Å²) in [6.45, 7) is 0. The summed E-state index contributed by atoms with van der Waals surface area (Å²) < 4.78 is 0. The van der Waals surface area contributed by atoms with E-state index in [0.717, 1.165) is 11.1 Å². The topological polar surface area (TPSA) is 55.7 Å². The zero-order valence-electron chi connectivity index (χ0n) is 15.5. The van der Waals surface area contributed by atoms with Crippen molar-refractivity contribution in [2.45, 2.75) is 12.3 Å². The molecule has 0 saturated carbocycles. The summed E-state index contributed by atoms with van der Waals surface area (Å²) in [4.78, 5) is 30.7. The second-order valence-corrected chi connectivity index (χ2v) is 7.32. The van der Waals surface area contributed by atoms with E-state index in [0.29, 0.717) is 16.3 Å². The molecular formula is C24H18ClNO3. The highest BCUT2D eigenvalue weighted by molar-refractivity contribution is 6.30. The minimum absolute atomic E-state index is 0.0438. The van der Waals surface area contributed by atoms with Gasteiger partial charge in [-0.1, -0.05) is 89.6 Å². The van der Waals surface area contributed by atoms with Crippen molar-refractivity contribution in [2.75, 3.05) is 0 Å². The fourth-order valence-corrected chi connectivity index (χ4v) is 3.72. The molecule has 2 atom stereocenters. The smallest absolute Gasteiger partial charge is 0.317 e. The summed E-state index contributed by atoms with van der Waals surface area (Å²) in [6.07, 6.45) is 0.150. The van der Waals surface area contributed by atoms with Crippen LogP contribution < -0.4 is 0 Å². The standard InChI is InChI=1S/C24H18ClNO3/c25-19-13-11-16(12-14-19)20(15-21(27)17-7-3-1-4-8-17)22-23(26-29-24(22)28)18-9-5-2-6-10-18/h1-14,20,22H,15H2. The highest BCUT2D eigenvalue weighted by Crippen LogP contribution is 2.36. The molecule has 0 aliphatic carbocycles. The first-order valence-electron chi connectivity index (χ1n) is 9.31. The molecule has 3 aromatic carbocycles. The quantitative estimate of drug-likeness (QED) is 0.416. The van der Waals surface area contributed by atoms with Crippen LogP contribution in [0.2, 0.25) is 5.02 Å². The molecule has 4 rings (SSSR count). The number of Topliss-reactive ketones (excluding diaryl/α,β-unsaturated/α-hetero) is 1. The Morgan fingerprint density at radius 1 is 0.931 bits per heavy atom. The molecule has 0 saturated heterocycles. The SMILES string of the molecule is O=C(CC(c1ccc(Cl)cc1)C1C(=O)ON=C1c1ccccc1)c1ccccc1. The monoisotopic (exact) mass is 403 g/mol. The molecular weight excluding hydrogens is 386 g/mol. The predicted octanol–water partition coefficient (Wildman–Crippen LogP) is 5.27. The van der Waals surface area contributed by atoms with E-state index >= 15 is 0 Å². The number of ketones is 1. The summed E-state index contributed by atoms with van der Waals surface area (Å²) in [5.74, 6) is -1.59. The van der Waals surface area contributed by atoms with Crippen molar-refractivity contribution in [3.63, 3.8) is 0 Å². The maximum atomic E-state index is 13.0. The lowest BCUT2D eigenvalue weighted by Crippen LogP contribution is -2.28. The van der Waals surface area contributed by atoms with E-state index in [1.165, 1.54) is 0 Å². The van der Waals surface area contributed by atoms with Crippen LogP contribution in [0.5, 0.6) is 0 Å². The molecule has 144 valence electrons. The second kappa shape index (κ2) is 8.41. The summed E-state index contributed by atoms with van der Waals surface area (Å²) in [5.41, 5.74) is 2.79. The third kappa shape index (κ3) is 4.13.